The second-order valence-corrected chi connectivity index (χ2v) is 5.61. The molecule has 4 N–H and O–H groups in total. The highest BCUT2D eigenvalue weighted by Crippen LogP contribution is 2.31. The van der Waals surface area contributed by atoms with Crippen LogP contribution in [0.5, 0.6) is 0 Å². The van der Waals surface area contributed by atoms with Gasteiger partial charge in [0.15, 0.2) is 0 Å². The van der Waals surface area contributed by atoms with Gasteiger partial charge >= 0.3 is 0 Å². The van der Waals surface area contributed by atoms with Crippen LogP contribution in [0.25, 0.3) is 0 Å². The molecule has 6 heteroatoms. The van der Waals surface area contributed by atoms with Crippen LogP contribution >= 0.6 is 0 Å². The summed E-state index contributed by atoms with van der Waals surface area (Å²) in [7, 11) is 0. The minimum atomic E-state index is -0.629. The van der Waals surface area contributed by atoms with Crippen LogP contribution in [-0.4, -0.2) is 28.7 Å². The van der Waals surface area contributed by atoms with E-state index in [1.165, 1.54) is 6.07 Å². The summed E-state index contributed by atoms with van der Waals surface area (Å²) in [5, 5.41) is 0. The lowest BCUT2D eigenvalue weighted by molar-refractivity contribution is -0.131. The molecule has 6 nitrogen and oxygen atoms in total. The predicted molar refractivity (Wildman–Crippen MR) is 76.3 cm³/mol. The van der Waals surface area contributed by atoms with Crippen LogP contribution < -0.4 is 11.5 Å². The monoisotopic (exact) mass is 287 g/mol. The third-order valence-corrected chi connectivity index (χ3v) is 4.30. The van der Waals surface area contributed by atoms with Crippen LogP contribution in [-0.2, 0) is 4.79 Å². The van der Waals surface area contributed by atoms with Crippen molar-refractivity contribution in [1.29, 1.82) is 0 Å². The standard InChI is InChI=1S/C15H17N3O3/c16-10-6-2-1-4-8(10)13(19)18-14(20)9-5-3-7-11(17)12(9)15(18)21/h3,5,7-8,10H,1-2,4,6,16-17H2. The Labute approximate surface area is 122 Å². The van der Waals surface area contributed by atoms with Crippen LogP contribution in [0.1, 0.15) is 46.4 Å². The number of hydrogen-bond donors (Lipinski definition) is 2. The zero-order valence-electron chi connectivity index (χ0n) is 11.5. The Kier molecular flexibility index (Phi) is 3.25. The van der Waals surface area contributed by atoms with Crippen molar-refractivity contribution in [3.63, 3.8) is 0 Å². The van der Waals surface area contributed by atoms with Gasteiger partial charge in [0.05, 0.1) is 17.0 Å². The minimum absolute atomic E-state index is 0.125. The molecular weight excluding hydrogens is 270 g/mol. The summed E-state index contributed by atoms with van der Waals surface area (Å²) >= 11 is 0. The summed E-state index contributed by atoms with van der Waals surface area (Å²) in [6.07, 6.45) is 3.21. The number of nitrogens with two attached hydrogens (primary N) is 2. The van der Waals surface area contributed by atoms with Crippen LogP contribution in [0.2, 0.25) is 0 Å². The summed E-state index contributed by atoms with van der Waals surface area (Å²) in [6, 6.07) is 4.36. The maximum Gasteiger partial charge on any atom is 0.270 e. The van der Waals surface area contributed by atoms with Gasteiger partial charge in [-0.05, 0) is 25.0 Å². The second-order valence-electron chi connectivity index (χ2n) is 5.61. The average Bonchev–Trinajstić information content (AvgIpc) is 2.72. The molecule has 110 valence electrons. The number of rotatable bonds is 1. The summed E-state index contributed by atoms with van der Waals surface area (Å²) in [4.78, 5) is 38.0. The first-order valence-electron chi connectivity index (χ1n) is 7.09. The Hall–Kier alpha value is -2.21. The highest BCUT2D eigenvalue weighted by molar-refractivity contribution is 6.30. The molecule has 0 aromatic heterocycles. The van der Waals surface area contributed by atoms with Crippen molar-refractivity contribution >= 4 is 23.4 Å². The van der Waals surface area contributed by atoms with Gasteiger partial charge in [0.2, 0.25) is 5.91 Å². The average molecular weight is 287 g/mol. The molecule has 1 aliphatic carbocycles. The molecule has 1 aliphatic heterocycles. The molecule has 1 saturated carbocycles. The number of fused-ring (bicyclic) bond motifs is 1. The van der Waals surface area contributed by atoms with Gasteiger partial charge < -0.3 is 11.5 Å². The van der Waals surface area contributed by atoms with E-state index in [2.05, 4.69) is 0 Å². The Morgan fingerprint density at radius 2 is 1.86 bits per heavy atom. The largest absolute Gasteiger partial charge is 0.398 e. The number of benzene rings is 1. The number of amides is 3. The molecule has 0 radical (unpaired) electrons. The van der Waals surface area contributed by atoms with Gasteiger partial charge in [-0.2, -0.15) is 0 Å². The number of nitrogen functional groups attached to an aromatic ring is 1. The normalized spacial score (nSPS) is 25.1. The fourth-order valence-electron chi connectivity index (χ4n) is 3.14. The van der Waals surface area contributed by atoms with Crippen molar-refractivity contribution in [2.24, 2.45) is 11.7 Å². The molecule has 0 spiro atoms. The fourth-order valence-corrected chi connectivity index (χ4v) is 3.14. The lowest BCUT2D eigenvalue weighted by atomic mass is 9.84. The molecule has 21 heavy (non-hydrogen) atoms. The summed E-state index contributed by atoms with van der Waals surface area (Å²) in [5.41, 5.74) is 12.3. The molecule has 1 aromatic rings. The van der Waals surface area contributed by atoms with E-state index in [1.54, 1.807) is 12.1 Å². The van der Waals surface area contributed by atoms with E-state index >= 15 is 0 Å². The first kappa shape index (κ1) is 13.8. The highest BCUT2D eigenvalue weighted by Gasteiger charge is 2.44. The SMILES string of the molecule is Nc1cccc2c1C(=O)N(C(=O)C1CCCCC1N)C2=O. The van der Waals surface area contributed by atoms with Gasteiger partial charge in [0.25, 0.3) is 11.8 Å². The Morgan fingerprint density at radius 1 is 1.14 bits per heavy atom. The molecule has 1 aromatic carbocycles. The molecule has 3 amide bonds. The van der Waals surface area contributed by atoms with Crippen LogP contribution in [0, 0.1) is 5.92 Å². The van der Waals surface area contributed by atoms with Crippen molar-refractivity contribution in [1.82, 2.24) is 4.90 Å². The molecule has 3 rings (SSSR count). The lowest BCUT2D eigenvalue weighted by Crippen LogP contribution is -2.47. The highest BCUT2D eigenvalue weighted by atomic mass is 16.2. The topological polar surface area (TPSA) is 106 Å². The van der Waals surface area contributed by atoms with Gasteiger partial charge in [0, 0.05) is 11.7 Å². The maximum atomic E-state index is 12.6. The van der Waals surface area contributed by atoms with Crippen molar-refractivity contribution in [3.05, 3.63) is 29.3 Å². The van der Waals surface area contributed by atoms with Crippen molar-refractivity contribution in [2.75, 3.05) is 5.73 Å². The van der Waals surface area contributed by atoms with Crippen LogP contribution in [0.4, 0.5) is 5.69 Å². The maximum absolute atomic E-state index is 12.6. The third kappa shape index (κ3) is 2.03. The zero-order valence-corrected chi connectivity index (χ0v) is 11.5. The molecule has 0 saturated heterocycles. The first-order valence-corrected chi connectivity index (χ1v) is 7.09. The quantitative estimate of drug-likeness (QED) is 0.589. The van der Waals surface area contributed by atoms with E-state index in [-0.39, 0.29) is 22.9 Å². The number of hydrogen-bond acceptors (Lipinski definition) is 5. The fraction of sp³-hybridized carbons (Fsp3) is 0.400. The third-order valence-electron chi connectivity index (χ3n) is 4.30. The van der Waals surface area contributed by atoms with Gasteiger partial charge in [-0.25, -0.2) is 4.90 Å². The first-order chi connectivity index (χ1) is 10.0. The molecule has 0 bridgehead atoms. The van der Waals surface area contributed by atoms with E-state index in [9.17, 15) is 14.4 Å². The smallest absolute Gasteiger partial charge is 0.270 e. The van der Waals surface area contributed by atoms with E-state index < -0.39 is 23.6 Å². The van der Waals surface area contributed by atoms with Gasteiger partial charge in [-0.3, -0.25) is 14.4 Å². The van der Waals surface area contributed by atoms with Crippen LogP contribution in [0.15, 0.2) is 18.2 Å². The summed E-state index contributed by atoms with van der Waals surface area (Å²) in [5.74, 6) is -2.18. The summed E-state index contributed by atoms with van der Waals surface area (Å²) in [6.45, 7) is 0. The van der Waals surface area contributed by atoms with Crippen molar-refractivity contribution < 1.29 is 14.4 Å². The van der Waals surface area contributed by atoms with E-state index in [4.69, 9.17) is 11.5 Å². The Bertz CT molecular complexity index is 641. The van der Waals surface area contributed by atoms with Crippen molar-refractivity contribution in [3.8, 4) is 0 Å². The lowest BCUT2D eigenvalue weighted by Gasteiger charge is -2.29. The van der Waals surface area contributed by atoms with E-state index in [0.29, 0.717) is 6.42 Å². The number of carbonyl (C=O) groups is 3. The van der Waals surface area contributed by atoms with Gasteiger partial charge in [0.1, 0.15) is 0 Å². The molecule has 1 fully saturated rings. The van der Waals surface area contributed by atoms with Crippen molar-refractivity contribution in [2.45, 2.75) is 31.7 Å². The van der Waals surface area contributed by atoms with Gasteiger partial charge in [-0.15, -0.1) is 0 Å². The predicted octanol–water partition coefficient (Wildman–Crippen LogP) is 0.909. The molecule has 2 unspecified atom stereocenters. The molecular formula is C15H17N3O3. The number of anilines is 1. The van der Waals surface area contributed by atoms with Crippen LogP contribution in [0.3, 0.4) is 0 Å². The van der Waals surface area contributed by atoms with E-state index in [0.717, 1.165) is 24.2 Å². The minimum Gasteiger partial charge on any atom is -0.398 e. The Morgan fingerprint density at radius 3 is 2.52 bits per heavy atom. The number of nitrogens with zero attached hydrogens (tertiary/aromatic N) is 1. The number of carbonyl (C=O) groups excluding carboxylic acids is 3. The van der Waals surface area contributed by atoms with Gasteiger partial charge in [-0.1, -0.05) is 18.9 Å². The molecule has 2 aliphatic rings. The molecule has 2 atom stereocenters. The zero-order chi connectivity index (χ0) is 15.1. The number of imide groups is 3. The summed E-state index contributed by atoms with van der Waals surface area (Å²) < 4.78 is 0. The Balaban J connectivity index is 1.94. The second kappa shape index (κ2) is 4.96. The molecule has 1 heterocycles. The van der Waals surface area contributed by atoms with E-state index in [1.807, 2.05) is 0 Å².